The van der Waals surface area contributed by atoms with Crippen LogP contribution in [-0.4, -0.2) is 28.2 Å². The van der Waals surface area contributed by atoms with E-state index in [1.165, 1.54) is 6.42 Å². The molecule has 5 atom stereocenters. The number of hydrogen-bond donors (Lipinski definition) is 2. The minimum absolute atomic E-state index is 0.0645. The van der Waals surface area contributed by atoms with Crippen molar-refractivity contribution in [3.63, 3.8) is 0 Å². The van der Waals surface area contributed by atoms with Gasteiger partial charge in [-0.25, -0.2) is 0 Å². The van der Waals surface area contributed by atoms with Crippen LogP contribution in [0.1, 0.15) is 32.6 Å². The van der Waals surface area contributed by atoms with Crippen molar-refractivity contribution in [1.82, 2.24) is 0 Å². The molecule has 3 nitrogen and oxygen atoms in total. The molecule has 0 spiro atoms. The average Bonchev–Trinajstić information content (AvgIpc) is 2.12. The minimum Gasteiger partial charge on any atom is -0.393 e. The number of ether oxygens (including phenoxy) is 1. The molecule has 4 aliphatic rings. The Kier molecular flexibility index (Phi) is 1.64. The van der Waals surface area contributed by atoms with Crippen LogP contribution in [0.25, 0.3) is 0 Å². The van der Waals surface area contributed by atoms with Gasteiger partial charge >= 0.3 is 0 Å². The summed E-state index contributed by atoms with van der Waals surface area (Å²) >= 11 is 0. The summed E-state index contributed by atoms with van der Waals surface area (Å²) in [4.78, 5) is 0. The van der Waals surface area contributed by atoms with Gasteiger partial charge in [-0.2, -0.15) is 0 Å². The molecule has 0 radical (unpaired) electrons. The second kappa shape index (κ2) is 2.52. The molecule has 2 heterocycles. The highest BCUT2D eigenvalue weighted by Crippen LogP contribution is 2.58. The zero-order valence-electron chi connectivity index (χ0n) is 8.57. The number of aliphatic hydroxyl groups is 2. The van der Waals surface area contributed by atoms with Gasteiger partial charge in [-0.15, -0.1) is 0 Å². The Hall–Kier alpha value is -0.120. The van der Waals surface area contributed by atoms with E-state index in [2.05, 4.69) is 6.92 Å². The highest BCUT2D eigenvalue weighted by atomic mass is 16.6. The van der Waals surface area contributed by atoms with E-state index in [-0.39, 0.29) is 12.5 Å². The van der Waals surface area contributed by atoms with Crippen molar-refractivity contribution in [2.24, 2.45) is 17.8 Å². The summed E-state index contributed by atoms with van der Waals surface area (Å²) in [7, 11) is 0. The molecule has 2 N–H and O–H groups in total. The van der Waals surface area contributed by atoms with E-state index in [9.17, 15) is 10.2 Å². The standard InChI is InChI=1S/C11H18O3/c1-7-9-2-8-3-10(5-9,6-12)14-11(7,13)4-8/h7-9,12-13H,2-6H2,1H3/t7?,8-,9+,10-,11+/m0/s1. The number of rotatable bonds is 1. The first kappa shape index (κ1) is 9.13. The van der Waals surface area contributed by atoms with Gasteiger partial charge in [-0.1, -0.05) is 6.92 Å². The van der Waals surface area contributed by atoms with Gasteiger partial charge in [0.1, 0.15) is 0 Å². The number of hydrogen-bond acceptors (Lipinski definition) is 3. The van der Waals surface area contributed by atoms with E-state index < -0.39 is 11.4 Å². The van der Waals surface area contributed by atoms with Crippen LogP contribution >= 0.6 is 0 Å². The Morgan fingerprint density at radius 1 is 1.36 bits per heavy atom. The highest BCUT2D eigenvalue weighted by molar-refractivity contribution is 5.06. The second-order valence-corrected chi connectivity index (χ2v) is 5.55. The molecule has 2 aliphatic heterocycles. The van der Waals surface area contributed by atoms with Gasteiger partial charge in [0.15, 0.2) is 5.79 Å². The maximum Gasteiger partial charge on any atom is 0.169 e. The first-order valence-electron chi connectivity index (χ1n) is 5.60. The summed E-state index contributed by atoms with van der Waals surface area (Å²) in [6, 6.07) is 0. The molecule has 0 aromatic carbocycles. The molecule has 2 saturated carbocycles. The molecule has 2 aliphatic carbocycles. The molecule has 4 rings (SSSR count). The van der Waals surface area contributed by atoms with Gasteiger partial charge in [0.05, 0.1) is 12.2 Å². The van der Waals surface area contributed by atoms with Gasteiger partial charge in [-0.3, -0.25) is 0 Å². The molecule has 0 aromatic rings. The molecule has 4 bridgehead atoms. The Morgan fingerprint density at radius 2 is 2.14 bits per heavy atom. The van der Waals surface area contributed by atoms with Crippen molar-refractivity contribution in [1.29, 1.82) is 0 Å². The summed E-state index contributed by atoms with van der Waals surface area (Å²) in [5.74, 6) is 0.412. The first-order chi connectivity index (χ1) is 6.57. The summed E-state index contributed by atoms with van der Waals surface area (Å²) in [6.45, 7) is 2.14. The van der Waals surface area contributed by atoms with Gasteiger partial charge in [0, 0.05) is 12.3 Å². The van der Waals surface area contributed by atoms with E-state index in [4.69, 9.17) is 4.74 Å². The van der Waals surface area contributed by atoms with Crippen LogP contribution in [-0.2, 0) is 4.74 Å². The Bertz CT molecular complexity index is 261. The van der Waals surface area contributed by atoms with Gasteiger partial charge in [-0.05, 0) is 31.1 Å². The summed E-state index contributed by atoms with van der Waals surface area (Å²) in [5, 5.41) is 19.7. The van der Waals surface area contributed by atoms with Crippen LogP contribution < -0.4 is 0 Å². The fourth-order valence-corrected chi connectivity index (χ4v) is 3.94. The van der Waals surface area contributed by atoms with Crippen LogP contribution in [0.3, 0.4) is 0 Å². The van der Waals surface area contributed by atoms with Crippen molar-refractivity contribution in [2.45, 2.75) is 44.0 Å². The third kappa shape index (κ3) is 0.980. The molecule has 2 saturated heterocycles. The monoisotopic (exact) mass is 198 g/mol. The maximum absolute atomic E-state index is 10.3. The van der Waals surface area contributed by atoms with Crippen molar-refractivity contribution >= 4 is 0 Å². The van der Waals surface area contributed by atoms with Gasteiger partial charge in [0.2, 0.25) is 0 Å². The fraction of sp³-hybridized carbons (Fsp3) is 1.00. The topological polar surface area (TPSA) is 49.7 Å². The van der Waals surface area contributed by atoms with Gasteiger partial charge < -0.3 is 14.9 Å². The summed E-state index contributed by atoms with van der Waals surface area (Å²) in [5.41, 5.74) is -0.410. The third-order valence-corrected chi connectivity index (χ3v) is 4.61. The zero-order valence-corrected chi connectivity index (χ0v) is 8.57. The lowest BCUT2D eigenvalue weighted by atomic mass is 9.57. The van der Waals surface area contributed by atoms with Gasteiger partial charge in [0.25, 0.3) is 0 Å². The van der Waals surface area contributed by atoms with E-state index >= 15 is 0 Å². The van der Waals surface area contributed by atoms with Crippen LogP contribution in [0, 0.1) is 17.8 Å². The summed E-state index contributed by atoms with van der Waals surface area (Å²) in [6.07, 6.45) is 3.86. The van der Waals surface area contributed by atoms with Crippen molar-refractivity contribution < 1.29 is 14.9 Å². The first-order valence-corrected chi connectivity index (χ1v) is 5.60. The van der Waals surface area contributed by atoms with Crippen LogP contribution in [0.2, 0.25) is 0 Å². The summed E-state index contributed by atoms with van der Waals surface area (Å²) < 4.78 is 5.77. The minimum atomic E-state index is -0.938. The predicted molar refractivity (Wildman–Crippen MR) is 50.5 cm³/mol. The SMILES string of the molecule is CC1[C@@H]2C[C@H]3C[C@@](CO)(C2)O[C@]1(O)C3. The highest BCUT2D eigenvalue weighted by Gasteiger charge is 2.61. The lowest BCUT2D eigenvalue weighted by Crippen LogP contribution is -2.66. The smallest absolute Gasteiger partial charge is 0.169 e. The molecule has 0 amide bonds. The second-order valence-electron chi connectivity index (χ2n) is 5.55. The van der Waals surface area contributed by atoms with E-state index in [1.54, 1.807) is 0 Å². The molecule has 0 aromatic heterocycles. The average molecular weight is 198 g/mol. The Balaban J connectivity index is 1.98. The largest absolute Gasteiger partial charge is 0.393 e. The Morgan fingerprint density at radius 3 is 2.79 bits per heavy atom. The molecule has 14 heavy (non-hydrogen) atoms. The quantitative estimate of drug-likeness (QED) is 0.658. The van der Waals surface area contributed by atoms with E-state index in [0.717, 1.165) is 19.3 Å². The fourth-order valence-electron chi connectivity index (χ4n) is 3.94. The van der Waals surface area contributed by atoms with Crippen molar-refractivity contribution in [3.05, 3.63) is 0 Å². The molecule has 1 unspecified atom stereocenters. The molecule has 4 fully saturated rings. The van der Waals surface area contributed by atoms with Crippen LogP contribution in [0.15, 0.2) is 0 Å². The van der Waals surface area contributed by atoms with Crippen LogP contribution in [0.4, 0.5) is 0 Å². The number of aliphatic hydroxyl groups excluding tert-OH is 1. The van der Waals surface area contributed by atoms with Crippen LogP contribution in [0.5, 0.6) is 0 Å². The molecule has 3 heteroatoms. The molecular formula is C11H18O3. The predicted octanol–water partition coefficient (Wildman–Crippen LogP) is 0.892. The van der Waals surface area contributed by atoms with E-state index in [0.29, 0.717) is 11.8 Å². The van der Waals surface area contributed by atoms with Crippen molar-refractivity contribution in [3.8, 4) is 0 Å². The lowest BCUT2D eigenvalue weighted by molar-refractivity contribution is -0.384. The molecular weight excluding hydrogens is 180 g/mol. The molecule has 80 valence electrons. The van der Waals surface area contributed by atoms with Crippen molar-refractivity contribution in [2.75, 3.05) is 6.61 Å². The Labute approximate surface area is 84.1 Å². The lowest BCUT2D eigenvalue weighted by Gasteiger charge is -2.62. The normalized spacial score (nSPS) is 60.6. The van der Waals surface area contributed by atoms with E-state index in [1.807, 2.05) is 0 Å². The third-order valence-electron chi connectivity index (χ3n) is 4.61. The zero-order chi connectivity index (χ0) is 9.97. The maximum atomic E-state index is 10.3.